The van der Waals surface area contributed by atoms with Crippen LogP contribution in [0.5, 0.6) is 5.75 Å². The fourth-order valence-corrected chi connectivity index (χ4v) is 1.98. The Morgan fingerprint density at radius 1 is 1.37 bits per heavy atom. The van der Waals surface area contributed by atoms with Crippen molar-refractivity contribution in [2.45, 2.75) is 6.92 Å². The second kappa shape index (κ2) is 4.20. The molecule has 0 fully saturated rings. The Kier molecular flexibility index (Phi) is 2.52. The summed E-state index contributed by atoms with van der Waals surface area (Å²) in [5, 5.41) is 14.2. The summed E-state index contributed by atoms with van der Waals surface area (Å²) in [5.74, 6) is 0.902. The predicted octanol–water partition coefficient (Wildman–Crippen LogP) is 1.29. The van der Waals surface area contributed by atoms with Gasteiger partial charge < -0.3 is 9.15 Å². The van der Waals surface area contributed by atoms with Crippen LogP contribution in [0, 0.1) is 6.92 Å². The van der Waals surface area contributed by atoms with Gasteiger partial charge in [0.25, 0.3) is 0 Å². The number of rotatable bonds is 2. The number of aromatic nitrogens is 4. The third-order valence-electron chi connectivity index (χ3n) is 2.94. The number of aryl methyl sites for hydroxylation is 1. The van der Waals surface area contributed by atoms with Crippen molar-refractivity contribution in [3.05, 3.63) is 34.2 Å². The zero-order valence-corrected chi connectivity index (χ0v) is 10.3. The van der Waals surface area contributed by atoms with Gasteiger partial charge in [0.15, 0.2) is 0 Å². The first-order valence-electron chi connectivity index (χ1n) is 5.56. The number of hydrogen-bond acceptors (Lipinski definition) is 6. The number of methoxy groups -OCH3 is 1. The van der Waals surface area contributed by atoms with Gasteiger partial charge in [-0.3, -0.25) is 0 Å². The van der Waals surface area contributed by atoms with Crippen LogP contribution in [0.25, 0.3) is 22.4 Å². The lowest BCUT2D eigenvalue weighted by molar-refractivity contribution is 0.415. The summed E-state index contributed by atoms with van der Waals surface area (Å²) in [6, 6.07) is 5.23. The van der Waals surface area contributed by atoms with Crippen LogP contribution in [-0.4, -0.2) is 27.7 Å². The Balaban J connectivity index is 2.38. The SMILES string of the molecule is COc1ccc2oc(=O)c(-c3nn[nH]n3)c(C)c2c1. The number of aromatic amines is 1. The van der Waals surface area contributed by atoms with Gasteiger partial charge in [-0.15, -0.1) is 10.2 Å². The molecule has 7 heteroatoms. The van der Waals surface area contributed by atoms with E-state index in [2.05, 4.69) is 20.6 Å². The van der Waals surface area contributed by atoms with E-state index in [0.717, 1.165) is 10.9 Å². The molecule has 0 bridgehead atoms. The topological polar surface area (TPSA) is 93.9 Å². The van der Waals surface area contributed by atoms with Crippen LogP contribution < -0.4 is 10.4 Å². The van der Waals surface area contributed by atoms with Crippen LogP contribution in [0.1, 0.15) is 5.56 Å². The number of nitrogens with one attached hydrogen (secondary N) is 1. The highest BCUT2D eigenvalue weighted by Crippen LogP contribution is 2.27. The van der Waals surface area contributed by atoms with Gasteiger partial charge in [0.05, 0.1) is 7.11 Å². The van der Waals surface area contributed by atoms with E-state index in [-0.39, 0.29) is 5.82 Å². The van der Waals surface area contributed by atoms with E-state index in [1.165, 1.54) is 0 Å². The number of benzene rings is 1. The summed E-state index contributed by atoms with van der Waals surface area (Å²) in [6.07, 6.45) is 0. The Hall–Kier alpha value is -2.70. The van der Waals surface area contributed by atoms with Gasteiger partial charge in [0.1, 0.15) is 16.9 Å². The Bertz CT molecular complexity index is 793. The molecular weight excluding hydrogens is 248 g/mol. The molecule has 2 heterocycles. The van der Waals surface area contributed by atoms with E-state index in [9.17, 15) is 4.79 Å². The average Bonchev–Trinajstić information content (AvgIpc) is 2.92. The van der Waals surface area contributed by atoms with E-state index in [0.29, 0.717) is 16.9 Å². The van der Waals surface area contributed by atoms with Gasteiger partial charge in [-0.1, -0.05) is 0 Å². The van der Waals surface area contributed by atoms with Crippen molar-refractivity contribution < 1.29 is 9.15 Å². The molecule has 0 radical (unpaired) electrons. The molecule has 0 saturated carbocycles. The monoisotopic (exact) mass is 258 g/mol. The van der Waals surface area contributed by atoms with Crippen LogP contribution in [0.2, 0.25) is 0 Å². The second-order valence-electron chi connectivity index (χ2n) is 3.99. The first-order valence-corrected chi connectivity index (χ1v) is 5.56. The molecule has 0 aliphatic carbocycles. The molecule has 1 aromatic carbocycles. The first kappa shape index (κ1) is 11.4. The Labute approximate surface area is 107 Å². The van der Waals surface area contributed by atoms with Crippen LogP contribution in [0.3, 0.4) is 0 Å². The van der Waals surface area contributed by atoms with Crippen molar-refractivity contribution in [2.75, 3.05) is 7.11 Å². The molecule has 3 aromatic rings. The van der Waals surface area contributed by atoms with Gasteiger partial charge in [0.2, 0.25) is 5.82 Å². The lowest BCUT2D eigenvalue weighted by Crippen LogP contribution is -2.07. The number of nitrogens with zero attached hydrogens (tertiary/aromatic N) is 3. The summed E-state index contributed by atoms with van der Waals surface area (Å²) in [4.78, 5) is 12.0. The number of fused-ring (bicyclic) bond motifs is 1. The molecule has 7 nitrogen and oxygen atoms in total. The van der Waals surface area contributed by atoms with Crippen molar-refractivity contribution >= 4 is 11.0 Å². The molecule has 3 rings (SSSR count). The lowest BCUT2D eigenvalue weighted by atomic mass is 10.1. The molecule has 0 aliphatic rings. The van der Waals surface area contributed by atoms with E-state index in [1.807, 2.05) is 6.92 Å². The fourth-order valence-electron chi connectivity index (χ4n) is 1.98. The third kappa shape index (κ3) is 1.75. The molecule has 0 spiro atoms. The third-order valence-corrected chi connectivity index (χ3v) is 2.94. The van der Waals surface area contributed by atoms with E-state index >= 15 is 0 Å². The largest absolute Gasteiger partial charge is 0.497 e. The van der Waals surface area contributed by atoms with Gasteiger partial charge in [-0.2, -0.15) is 5.21 Å². The molecule has 0 atom stereocenters. The highest BCUT2D eigenvalue weighted by molar-refractivity contribution is 5.86. The molecule has 2 aromatic heterocycles. The van der Waals surface area contributed by atoms with Crippen LogP contribution in [0.4, 0.5) is 0 Å². The summed E-state index contributed by atoms with van der Waals surface area (Å²) in [5.41, 5.74) is 1.04. The summed E-state index contributed by atoms with van der Waals surface area (Å²) in [7, 11) is 1.58. The fraction of sp³-hybridized carbons (Fsp3) is 0.167. The lowest BCUT2D eigenvalue weighted by Gasteiger charge is -2.06. The molecule has 0 saturated heterocycles. The molecule has 0 unspecified atom stereocenters. The minimum atomic E-state index is -0.489. The standard InChI is InChI=1S/C12H10N4O3/c1-6-8-5-7(18-2)3-4-9(8)19-12(17)10(6)11-13-15-16-14-11/h3-5H,1-2H3,(H,13,14,15,16). The maximum Gasteiger partial charge on any atom is 0.347 e. The van der Waals surface area contributed by atoms with Crippen LogP contribution >= 0.6 is 0 Å². The van der Waals surface area contributed by atoms with Gasteiger partial charge in [-0.25, -0.2) is 4.79 Å². The number of H-pyrrole nitrogens is 1. The van der Waals surface area contributed by atoms with E-state index in [4.69, 9.17) is 9.15 Å². The minimum Gasteiger partial charge on any atom is -0.497 e. The quantitative estimate of drug-likeness (QED) is 0.696. The highest BCUT2D eigenvalue weighted by Gasteiger charge is 2.17. The maximum absolute atomic E-state index is 12.0. The molecule has 0 aliphatic heterocycles. The number of hydrogen-bond donors (Lipinski definition) is 1. The van der Waals surface area contributed by atoms with Crippen molar-refractivity contribution in [2.24, 2.45) is 0 Å². The number of ether oxygens (including phenoxy) is 1. The smallest absolute Gasteiger partial charge is 0.347 e. The summed E-state index contributed by atoms with van der Waals surface area (Å²) < 4.78 is 10.4. The molecule has 19 heavy (non-hydrogen) atoms. The van der Waals surface area contributed by atoms with E-state index in [1.54, 1.807) is 25.3 Å². The van der Waals surface area contributed by atoms with Crippen molar-refractivity contribution in [1.82, 2.24) is 20.6 Å². The molecule has 1 N–H and O–H groups in total. The van der Waals surface area contributed by atoms with Gasteiger partial charge in [-0.05, 0) is 35.9 Å². The highest BCUT2D eigenvalue weighted by atomic mass is 16.5. The predicted molar refractivity (Wildman–Crippen MR) is 66.9 cm³/mol. The van der Waals surface area contributed by atoms with Crippen molar-refractivity contribution in [1.29, 1.82) is 0 Å². The Morgan fingerprint density at radius 2 is 2.21 bits per heavy atom. The molecule has 0 amide bonds. The van der Waals surface area contributed by atoms with Crippen LogP contribution in [-0.2, 0) is 0 Å². The molecular formula is C12H10N4O3. The van der Waals surface area contributed by atoms with Crippen molar-refractivity contribution in [3.8, 4) is 17.1 Å². The van der Waals surface area contributed by atoms with E-state index < -0.39 is 5.63 Å². The number of tetrazole rings is 1. The average molecular weight is 258 g/mol. The van der Waals surface area contributed by atoms with Crippen molar-refractivity contribution in [3.63, 3.8) is 0 Å². The summed E-state index contributed by atoms with van der Waals surface area (Å²) >= 11 is 0. The Morgan fingerprint density at radius 3 is 2.89 bits per heavy atom. The minimum absolute atomic E-state index is 0.218. The zero-order valence-electron chi connectivity index (χ0n) is 10.3. The molecule has 96 valence electrons. The van der Waals surface area contributed by atoms with Gasteiger partial charge >= 0.3 is 5.63 Å². The maximum atomic E-state index is 12.0. The first-order chi connectivity index (χ1) is 9.20. The van der Waals surface area contributed by atoms with Gasteiger partial charge in [0, 0.05) is 5.39 Å². The normalized spacial score (nSPS) is 10.8. The van der Waals surface area contributed by atoms with Crippen LogP contribution in [0.15, 0.2) is 27.4 Å². The zero-order chi connectivity index (χ0) is 13.4. The summed E-state index contributed by atoms with van der Waals surface area (Å²) in [6.45, 7) is 1.81. The second-order valence-corrected chi connectivity index (χ2v) is 3.99.